The van der Waals surface area contributed by atoms with Crippen LogP contribution in [-0.4, -0.2) is 24.4 Å². The molecule has 1 atom stereocenters. The van der Waals surface area contributed by atoms with Crippen LogP contribution in [0.5, 0.6) is 0 Å². The monoisotopic (exact) mass is 300 g/mol. The highest BCUT2D eigenvalue weighted by atomic mass is 35.5. The van der Waals surface area contributed by atoms with Gasteiger partial charge in [0.2, 0.25) is 11.8 Å². The molecule has 1 aromatic rings. The van der Waals surface area contributed by atoms with Gasteiger partial charge in [0.05, 0.1) is 10.7 Å². The van der Waals surface area contributed by atoms with E-state index in [9.17, 15) is 18.4 Å². The summed E-state index contributed by atoms with van der Waals surface area (Å²) in [4.78, 5) is 25.0. The lowest BCUT2D eigenvalue weighted by Crippen LogP contribution is -2.59. The number of carbonyl (C=O) groups is 2. The lowest BCUT2D eigenvalue weighted by atomic mass is 10.1. The number of halogens is 3. The molecular formula is C13H11ClF2N2O2. The van der Waals surface area contributed by atoms with Crippen molar-refractivity contribution >= 4 is 29.1 Å². The van der Waals surface area contributed by atoms with E-state index in [2.05, 4.69) is 5.32 Å². The van der Waals surface area contributed by atoms with E-state index in [1.165, 1.54) is 0 Å². The zero-order chi connectivity index (χ0) is 14.4. The number of carbonyl (C=O) groups excluding carboxylic acids is 2. The van der Waals surface area contributed by atoms with Crippen LogP contribution < -0.4 is 10.2 Å². The first-order valence-corrected chi connectivity index (χ1v) is 6.60. The van der Waals surface area contributed by atoms with Gasteiger partial charge in [-0.05, 0) is 24.8 Å². The van der Waals surface area contributed by atoms with Crippen molar-refractivity contribution in [1.29, 1.82) is 0 Å². The Balaban J connectivity index is 1.99. The van der Waals surface area contributed by atoms with Crippen LogP contribution >= 0.6 is 11.6 Å². The van der Waals surface area contributed by atoms with Gasteiger partial charge in [0.25, 0.3) is 0 Å². The molecule has 1 aromatic carbocycles. The number of amides is 2. The molecule has 1 unspecified atom stereocenters. The maximum Gasteiger partial charge on any atom is 0.250 e. The van der Waals surface area contributed by atoms with Crippen LogP contribution in [0.2, 0.25) is 5.02 Å². The fourth-order valence-corrected chi connectivity index (χ4v) is 2.70. The molecule has 0 bridgehead atoms. The summed E-state index contributed by atoms with van der Waals surface area (Å²) in [6.45, 7) is -0.315. The van der Waals surface area contributed by atoms with E-state index >= 15 is 0 Å². The summed E-state index contributed by atoms with van der Waals surface area (Å²) in [5.74, 6) is -2.46. The number of benzene rings is 1. The molecule has 1 saturated carbocycles. The minimum Gasteiger partial charge on any atom is -0.342 e. The average Bonchev–Trinajstić information content (AvgIpc) is 3.15. The van der Waals surface area contributed by atoms with Gasteiger partial charge >= 0.3 is 0 Å². The molecule has 0 radical (unpaired) electrons. The zero-order valence-electron chi connectivity index (χ0n) is 10.3. The largest absolute Gasteiger partial charge is 0.342 e. The standard InChI is InChI=1S/C13H11ClF2N2O2/c14-8-3-7(15)4-9(16)12(8)18-5-10(19)17-11(13(18)20)6-1-2-6/h3-4,6,11H,1-2,5H2,(H,17,19). The number of nitrogens with zero attached hydrogens (tertiary/aromatic N) is 1. The third-order valence-corrected chi connectivity index (χ3v) is 3.78. The topological polar surface area (TPSA) is 49.4 Å². The van der Waals surface area contributed by atoms with Crippen LogP contribution in [-0.2, 0) is 9.59 Å². The maximum absolute atomic E-state index is 13.9. The van der Waals surface area contributed by atoms with Crippen LogP contribution in [0.3, 0.4) is 0 Å². The van der Waals surface area contributed by atoms with Crippen LogP contribution in [0, 0.1) is 17.6 Å². The molecule has 0 aromatic heterocycles. The van der Waals surface area contributed by atoms with Crippen LogP contribution in [0.15, 0.2) is 12.1 Å². The first kappa shape index (κ1) is 13.3. The Bertz CT molecular complexity index is 581. The van der Waals surface area contributed by atoms with Crippen molar-refractivity contribution < 1.29 is 18.4 Å². The minimum atomic E-state index is -0.951. The van der Waals surface area contributed by atoms with E-state index in [1.54, 1.807) is 0 Å². The second-order valence-electron chi connectivity index (χ2n) is 5.03. The smallest absolute Gasteiger partial charge is 0.250 e. The van der Waals surface area contributed by atoms with Gasteiger partial charge in [-0.3, -0.25) is 14.5 Å². The molecule has 4 nitrogen and oxygen atoms in total. The first-order valence-electron chi connectivity index (χ1n) is 6.22. The summed E-state index contributed by atoms with van der Waals surface area (Å²) in [5, 5.41) is 2.39. The lowest BCUT2D eigenvalue weighted by Gasteiger charge is -2.33. The summed E-state index contributed by atoms with van der Waals surface area (Å²) in [7, 11) is 0. The zero-order valence-corrected chi connectivity index (χ0v) is 11.1. The Hall–Kier alpha value is -1.69. The van der Waals surface area contributed by atoms with Crippen molar-refractivity contribution in [3.8, 4) is 0 Å². The van der Waals surface area contributed by atoms with Gasteiger partial charge in [0.1, 0.15) is 18.4 Å². The summed E-state index contributed by atoms with van der Waals surface area (Å²) < 4.78 is 26.9. The summed E-state index contributed by atoms with van der Waals surface area (Å²) in [5.41, 5.74) is -0.237. The Kier molecular flexibility index (Phi) is 3.12. The van der Waals surface area contributed by atoms with Crippen molar-refractivity contribution in [3.05, 3.63) is 28.8 Å². The summed E-state index contributed by atoms with van der Waals surface area (Å²) in [6, 6.07) is 0.927. The quantitative estimate of drug-likeness (QED) is 0.906. The maximum atomic E-state index is 13.9. The highest BCUT2D eigenvalue weighted by molar-refractivity contribution is 6.34. The fourth-order valence-electron chi connectivity index (χ4n) is 2.40. The van der Waals surface area contributed by atoms with E-state index in [-0.39, 0.29) is 29.1 Å². The molecule has 1 heterocycles. The molecule has 7 heteroatoms. The second kappa shape index (κ2) is 4.70. The third kappa shape index (κ3) is 2.24. The van der Waals surface area contributed by atoms with Crippen LogP contribution in [0.4, 0.5) is 14.5 Å². The first-order chi connectivity index (χ1) is 9.47. The lowest BCUT2D eigenvalue weighted by molar-refractivity contribution is -0.131. The average molecular weight is 301 g/mol. The summed E-state index contributed by atoms with van der Waals surface area (Å²) >= 11 is 5.82. The molecule has 3 rings (SSSR count). The Labute approximate surface area is 118 Å². The number of hydrogen-bond acceptors (Lipinski definition) is 2. The van der Waals surface area contributed by atoms with Gasteiger partial charge in [0, 0.05) is 6.07 Å². The van der Waals surface area contributed by atoms with E-state index in [1.807, 2.05) is 0 Å². The van der Waals surface area contributed by atoms with Gasteiger partial charge in [-0.25, -0.2) is 8.78 Å². The van der Waals surface area contributed by atoms with Crippen molar-refractivity contribution in [2.75, 3.05) is 11.4 Å². The Morgan fingerprint density at radius 3 is 2.55 bits per heavy atom. The Morgan fingerprint density at radius 1 is 1.25 bits per heavy atom. The number of piperazine rings is 1. The highest BCUT2D eigenvalue weighted by Crippen LogP contribution is 2.37. The molecule has 1 saturated heterocycles. The van der Waals surface area contributed by atoms with Crippen molar-refractivity contribution in [2.24, 2.45) is 5.92 Å². The van der Waals surface area contributed by atoms with Gasteiger partial charge in [-0.2, -0.15) is 0 Å². The number of hydrogen-bond donors (Lipinski definition) is 1. The van der Waals surface area contributed by atoms with Crippen LogP contribution in [0.25, 0.3) is 0 Å². The Morgan fingerprint density at radius 2 is 1.95 bits per heavy atom. The van der Waals surface area contributed by atoms with Crippen LogP contribution in [0.1, 0.15) is 12.8 Å². The van der Waals surface area contributed by atoms with E-state index in [4.69, 9.17) is 11.6 Å². The predicted molar refractivity (Wildman–Crippen MR) is 68.4 cm³/mol. The van der Waals surface area contributed by atoms with E-state index < -0.39 is 23.6 Å². The van der Waals surface area contributed by atoms with Crippen molar-refractivity contribution in [3.63, 3.8) is 0 Å². The molecule has 1 aliphatic carbocycles. The fraction of sp³-hybridized carbons (Fsp3) is 0.385. The predicted octanol–water partition coefficient (Wildman–Crippen LogP) is 1.86. The van der Waals surface area contributed by atoms with Crippen molar-refractivity contribution in [1.82, 2.24) is 5.32 Å². The second-order valence-corrected chi connectivity index (χ2v) is 5.43. The molecule has 1 N–H and O–H groups in total. The molecule has 20 heavy (non-hydrogen) atoms. The number of rotatable bonds is 2. The van der Waals surface area contributed by atoms with Gasteiger partial charge in [-0.1, -0.05) is 11.6 Å². The van der Waals surface area contributed by atoms with E-state index in [0.717, 1.165) is 23.8 Å². The molecule has 0 spiro atoms. The van der Waals surface area contributed by atoms with Crippen molar-refractivity contribution in [2.45, 2.75) is 18.9 Å². The van der Waals surface area contributed by atoms with Gasteiger partial charge in [-0.15, -0.1) is 0 Å². The van der Waals surface area contributed by atoms with E-state index in [0.29, 0.717) is 6.07 Å². The molecule has 1 aliphatic heterocycles. The number of anilines is 1. The highest BCUT2D eigenvalue weighted by Gasteiger charge is 2.44. The molecule has 106 valence electrons. The summed E-state index contributed by atoms with van der Waals surface area (Å²) in [6.07, 6.45) is 1.70. The molecule has 2 aliphatic rings. The molecule has 2 amide bonds. The molecular weight excluding hydrogens is 290 g/mol. The van der Waals surface area contributed by atoms with Gasteiger partial charge < -0.3 is 5.32 Å². The molecule has 2 fully saturated rings. The number of nitrogens with one attached hydrogen (secondary N) is 1. The normalized spacial score (nSPS) is 22.9. The van der Waals surface area contributed by atoms with Gasteiger partial charge in [0.15, 0.2) is 5.82 Å². The SMILES string of the molecule is O=C1CN(c2c(F)cc(F)cc2Cl)C(=O)C(C2CC2)N1. The minimum absolute atomic E-state index is 0.0940. The third-order valence-electron chi connectivity index (χ3n) is 3.50.